The summed E-state index contributed by atoms with van der Waals surface area (Å²) in [7, 11) is 0. The minimum Gasteiger partial charge on any atom is -0.477 e. The molecule has 1 aromatic heterocycles. The number of rotatable bonds is 4. The van der Waals surface area contributed by atoms with E-state index in [-0.39, 0.29) is 6.61 Å². The van der Waals surface area contributed by atoms with E-state index in [0.29, 0.717) is 24.5 Å². The Labute approximate surface area is 82.8 Å². The molecule has 0 atom stereocenters. The molecule has 1 heterocycles. The van der Waals surface area contributed by atoms with E-state index >= 15 is 0 Å². The van der Waals surface area contributed by atoms with Crippen molar-refractivity contribution in [3.8, 4) is 11.9 Å². The fourth-order valence-electron chi connectivity index (χ4n) is 0.961. The number of pyridine rings is 1. The maximum atomic E-state index is 8.75. The molecule has 0 saturated heterocycles. The van der Waals surface area contributed by atoms with Gasteiger partial charge in [-0.05, 0) is 19.1 Å². The predicted molar refractivity (Wildman–Crippen MR) is 50.9 cm³/mol. The normalized spacial score (nSPS) is 9.50. The van der Waals surface area contributed by atoms with Gasteiger partial charge in [0.2, 0.25) is 5.88 Å². The first-order chi connectivity index (χ1) is 6.77. The van der Waals surface area contributed by atoms with Crippen LogP contribution >= 0.6 is 0 Å². The molecule has 14 heavy (non-hydrogen) atoms. The molecular weight excluding hydrogens is 180 g/mol. The van der Waals surface area contributed by atoms with Crippen molar-refractivity contribution >= 4 is 0 Å². The van der Waals surface area contributed by atoms with E-state index in [4.69, 9.17) is 15.1 Å². The van der Waals surface area contributed by atoms with Crippen molar-refractivity contribution in [3.63, 3.8) is 0 Å². The SMILES string of the molecule is Cc1ccc(C#N)c(OCCCO)n1. The molecule has 0 aliphatic heterocycles. The van der Waals surface area contributed by atoms with Gasteiger partial charge in [-0.2, -0.15) is 5.26 Å². The standard InChI is InChI=1S/C10H12N2O2/c1-8-3-4-9(7-11)10(12-8)14-6-2-5-13/h3-4,13H,2,5-6H2,1H3. The van der Waals surface area contributed by atoms with Gasteiger partial charge >= 0.3 is 0 Å². The Morgan fingerprint density at radius 1 is 1.57 bits per heavy atom. The summed E-state index contributed by atoms with van der Waals surface area (Å²) in [6.07, 6.45) is 0.542. The molecule has 0 aliphatic carbocycles. The van der Waals surface area contributed by atoms with Gasteiger partial charge in [0.25, 0.3) is 0 Å². The fraction of sp³-hybridized carbons (Fsp3) is 0.400. The van der Waals surface area contributed by atoms with Gasteiger partial charge in [0.15, 0.2) is 0 Å². The van der Waals surface area contributed by atoms with Crippen LogP contribution in [-0.2, 0) is 0 Å². The van der Waals surface area contributed by atoms with Crippen molar-refractivity contribution < 1.29 is 9.84 Å². The Morgan fingerprint density at radius 2 is 2.36 bits per heavy atom. The summed E-state index contributed by atoms with van der Waals surface area (Å²) in [5, 5.41) is 17.3. The lowest BCUT2D eigenvalue weighted by Crippen LogP contribution is -2.03. The summed E-state index contributed by atoms with van der Waals surface area (Å²) in [5.41, 5.74) is 1.23. The Balaban J connectivity index is 2.73. The molecule has 1 aromatic rings. The smallest absolute Gasteiger partial charge is 0.231 e. The zero-order chi connectivity index (χ0) is 10.4. The molecule has 4 nitrogen and oxygen atoms in total. The number of nitrogens with zero attached hydrogens (tertiary/aromatic N) is 2. The number of aliphatic hydroxyl groups is 1. The lowest BCUT2D eigenvalue weighted by molar-refractivity contribution is 0.229. The van der Waals surface area contributed by atoms with Crippen molar-refractivity contribution in [1.82, 2.24) is 4.98 Å². The van der Waals surface area contributed by atoms with Crippen LogP contribution in [0, 0.1) is 18.3 Å². The first-order valence-corrected chi connectivity index (χ1v) is 4.39. The molecule has 0 bridgehead atoms. The monoisotopic (exact) mass is 192 g/mol. The minimum absolute atomic E-state index is 0.0771. The third-order valence-electron chi connectivity index (χ3n) is 1.66. The Morgan fingerprint density at radius 3 is 3.00 bits per heavy atom. The average Bonchev–Trinajstić information content (AvgIpc) is 2.19. The van der Waals surface area contributed by atoms with Gasteiger partial charge in [-0.15, -0.1) is 0 Å². The van der Waals surface area contributed by atoms with E-state index < -0.39 is 0 Å². The summed E-state index contributed by atoms with van der Waals surface area (Å²) in [4.78, 5) is 4.09. The highest BCUT2D eigenvalue weighted by Crippen LogP contribution is 2.14. The van der Waals surface area contributed by atoms with Gasteiger partial charge in [-0.3, -0.25) is 0 Å². The summed E-state index contributed by atoms with van der Waals surface area (Å²) in [5.74, 6) is 0.348. The molecule has 1 N–H and O–H groups in total. The number of nitriles is 1. The molecule has 1 rings (SSSR count). The Hall–Kier alpha value is -1.60. The summed E-state index contributed by atoms with van der Waals surface area (Å²) < 4.78 is 5.26. The van der Waals surface area contributed by atoms with E-state index in [9.17, 15) is 0 Å². The molecule has 0 spiro atoms. The number of aromatic nitrogens is 1. The second-order valence-electron chi connectivity index (χ2n) is 2.84. The molecule has 4 heteroatoms. The van der Waals surface area contributed by atoms with Gasteiger partial charge in [0.1, 0.15) is 11.6 Å². The minimum atomic E-state index is 0.0771. The van der Waals surface area contributed by atoms with E-state index in [1.165, 1.54) is 0 Å². The van der Waals surface area contributed by atoms with E-state index in [1.807, 2.05) is 13.0 Å². The van der Waals surface area contributed by atoms with Crippen LogP contribution in [0.2, 0.25) is 0 Å². The van der Waals surface area contributed by atoms with Crippen LogP contribution in [-0.4, -0.2) is 23.3 Å². The topological polar surface area (TPSA) is 66.1 Å². The van der Waals surface area contributed by atoms with Crippen molar-refractivity contribution in [3.05, 3.63) is 23.4 Å². The van der Waals surface area contributed by atoms with E-state index in [0.717, 1.165) is 5.69 Å². The highest BCUT2D eigenvalue weighted by atomic mass is 16.5. The summed E-state index contributed by atoms with van der Waals surface area (Å²) >= 11 is 0. The fourth-order valence-corrected chi connectivity index (χ4v) is 0.961. The molecule has 0 saturated carbocycles. The van der Waals surface area contributed by atoms with Gasteiger partial charge < -0.3 is 9.84 Å². The Bertz CT molecular complexity index is 344. The zero-order valence-corrected chi connectivity index (χ0v) is 8.03. The lowest BCUT2D eigenvalue weighted by atomic mass is 10.2. The largest absolute Gasteiger partial charge is 0.477 e. The highest BCUT2D eigenvalue weighted by molar-refractivity contribution is 5.38. The van der Waals surface area contributed by atoms with Crippen LogP contribution in [0.5, 0.6) is 5.88 Å². The van der Waals surface area contributed by atoms with Crippen molar-refractivity contribution in [2.24, 2.45) is 0 Å². The van der Waals surface area contributed by atoms with Crippen molar-refractivity contribution in [1.29, 1.82) is 5.26 Å². The second kappa shape index (κ2) is 5.20. The predicted octanol–water partition coefficient (Wildman–Crippen LogP) is 1.02. The number of aryl methyl sites for hydroxylation is 1. The van der Waals surface area contributed by atoms with Gasteiger partial charge in [0, 0.05) is 18.7 Å². The summed E-state index contributed by atoms with van der Waals surface area (Å²) in [6, 6.07) is 5.44. The van der Waals surface area contributed by atoms with Gasteiger partial charge in [-0.25, -0.2) is 4.98 Å². The molecule has 0 radical (unpaired) electrons. The van der Waals surface area contributed by atoms with Gasteiger partial charge in [0.05, 0.1) is 6.61 Å². The maximum Gasteiger partial charge on any atom is 0.231 e. The maximum absolute atomic E-state index is 8.75. The zero-order valence-electron chi connectivity index (χ0n) is 8.03. The molecular formula is C10H12N2O2. The second-order valence-corrected chi connectivity index (χ2v) is 2.84. The van der Waals surface area contributed by atoms with E-state index in [1.54, 1.807) is 12.1 Å². The number of aliphatic hydroxyl groups excluding tert-OH is 1. The van der Waals surface area contributed by atoms with Gasteiger partial charge in [-0.1, -0.05) is 0 Å². The van der Waals surface area contributed by atoms with Crippen molar-refractivity contribution in [2.45, 2.75) is 13.3 Å². The first-order valence-electron chi connectivity index (χ1n) is 4.39. The van der Waals surface area contributed by atoms with Crippen LogP contribution in [0.1, 0.15) is 17.7 Å². The van der Waals surface area contributed by atoms with Crippen LogP contribution in [0.25, 0.3) is 0 Å². The molecule has 0 unspecified atom stereocenters. The first kappa shape index (κ1) is 10.5. The molecule has 0 fully saturated rings. The number of hydrogen-bond donors (Lipinski definition) is 1. The Kier molecular flexibility index (Phi) is 3.89. The quantitative estimate of drug-likeness (QED) is 0.723. The molecule has 74 valence electrons. The third-order valence-corrected chi connectivity index (χ3v) is 1.66. The van der Waals surface area contributed by atoms with Crippen LogP contribution in [0.4, 0.5) is 0 Å². The number of ether oxygens (including phenoxy) is 1. The van der Waals surface area contributed by atoms with Crippen LogP contribution < -0.4 is 4.74 Å². The number of hydrogen-bond acceptors (Lipinski definition) is 4. The molecule has 0 aliphatic rings. The van der Waals surface area contributed by atoms with Crippen LogP contribution in [0.3, 0.4) is 0 Å². The lowest BCUT2D eigenvalue weighted by Gasteiger charge is -2.05. The summed E-state index contributed by atoms with van der Waals surface area (Å²) in [6.45, 7) is 2.29. The average molecular weight is 192 g/mol. The van der Waals surface area contributed by atoms with Crippen LogP contribution in [0.15, 0.2) is 12.1 Å². The third kappa shape index (κ3) is 2.71. The van der Waals surface area contributed by atoms with Crippen molar-refractivity contribution in [2.75, 3.05) is 13.2 Å². The molecule has 0 amide bonds. The highest BCUT2D eigenvalue weighted by Gasteiger charge is 2.04. The van der Waals surface area contributed by atoms with E-state index in [2.05, 4.69) is 4.98 Å². The molecule has 0 aromatic carbocycles.